The minimum atomic E-state index is 0. The second kappa shape index (κ2) is 9.37. The molecule has 4 rings (SSSR count). The predicted octanol–water partition coefficient (Wildman–Crippen LogP) is 4.47. The molecule has 1 aliphatic rings. The minimum Gasteiger partial charge on any atom is -0.357 e. The van der Waals surface area contributed by atoms with Gasteiger partial charge in [0.2, 0.25) is 0 Å². The maximum atomic E-state index is 11.7. The SMILES string of the molecule is O=C1[CH-]C(c2ccccc2)N1c1ccccc1.[U+2].[c-]1ccccc1. The van der Waals surface area contributed by atoms with Crippen molar-refractivity contribution in [3.63, 3.8) is 0 Å². The smallest absolute Gasteiger partial charge is 0.357 e. The molecule has 3 aromatic carbocycles. The zero-order chi connectivity index (χ0) is 15.9. The van der Waals surface area contributed by atoms with E-state index in [2.05, 4.69) is 6.07 Å². The van der Waals surface area contributed by atoms with Crippen LogP contribution in [0.5, 0.6) is 0 Å². The van der Waals surface area contributed by atoms with Crippen LogP contribution in [0.15, 0.2) is 91.0 Å². The van der Waals surface area contributed by atoms with Crippen LogP contribution >= 0.6 is 0 Å². The minimum absolute atomic E-state index is 0. The Morgan fingerprint density at radius 1 is 0.792 bits per heavy atom. The molecule has 0 aromatic heterocycles. The van der Waals surface area contributed by atoms with Crippen LogP contribution in [0.1, 0.15) is 11.6 Å². The summed E-state index contributed by atoms with van der Waals surface area (Å²) in [4.78, 5) is 13.5. The van der Waals surface area contributed by atoms with Crippen molar-refractivity contribution < 1.29 is 35.9 Å². The Morgan fingerprint density at radius 2 is 1.33 bits per heavy atom. The standard InChI is InChI=1S/C15H12NO.C6H5.U/c17-15-11-14(12-7-3-1-4-8-12)16(15)13-9-5-2-6-10-13;1-2-4-6-5-3-1;/h1-11,14H;1-5H;/q2*-1;+2. The molecule has 1 aliphatic heterocycles. The van der Waals surface area contributed by atoms with Crippen molar-refractivity contribution in [2.75, 3.05) is 4.90 Å². The molecule has 1 fully saturated rings. The molecule has 0 saturated carbocycles. The van der Waals surface area contributed by atoms with Crippen molar-refractivity contribution in [2.24, 2.45) is 0 Å². The third-order valence-electron chi connectivity index (χ3n) is 3.60. The van der Waals surface area contributed by atoms with Crippen LogP contribution in [0, 0.1) is 43.6 Å². The molecule has 1 heterocycles. The monoisotopic (exact) mass is 537 g/mol. The average Bonchev–Trinajstić information content (AvgIpc) is 2.63. The number of hydrogen-bond donors (Lipinski definition) is 0. The third-order valence-corrected chi connectivity index (χ3v) is 3.60. The summed E-state index contributed by atoms with van der Waals surface area (Å²) in [5, 5.41) is 0. The first-order chi connectivity index (χ1) is 11.4. The topological polar surface area (TPSA) is 20.3 Å². The third kappa shape index (κ3) is 4.54. The summed E-state index contributed by atoms with van der Waals surface area (Å²) < 4.78 is 0. The van der Waals surface area contributed by atoms with E-state index in [4.69, 9.17) is 0 Å². The summed E-state index contributed by atoms with van der Waals surface area (Å²) in [6.45, 7) is 0. The van der Waals surface area contributed by atoms with Crippen molar-refractivity contribution >= 4 is 11.6 Å². The molecule has 1 amide bonds. The van der Waals surface area contributed by atoms with Crippen molar-refractivity contribution in [3.05, 3.63) is 109 Å². The molecule has 0 aliphatic carbocycles. The molecule has 116 valence electrons. The summed E-state index contributed by atoms with van der Waals surface area (Å²) in [5.74, 6) is 0.0741. The molecule has 0 N–H and O–H groups in total. The number of carbonyl (C=O) groups excluding carboxylic acids is 1. The number of anilines is 1. The number of benzene rings is 3. The molecule has 0 bridgehead atoms. The van der Waals surface area contributed by atoms with E-state index >= 15 is 0 Å². The molecule has 3 heteroatoms. The van der Waals surface area contributed by atoms with Gasteiger partial charge in [0.1, 0.15) is 0 Å². The van der Waals surface area contributed by atoms with Gasteiger partial charge in [0, 0.05) is 5.69 Å². The van der Waals surface area contributed by atoms with Gasteiger partial charge in [-0.15, -0.1) is 0 Å². The molecule has 0 spiro atoms. The van der Waals surface area contributed by atoms with Gasteiger partial charge in [-0.3, -0.25) is 6.42 Å². The molecular weight excluding hydrogens is 520 g/mol. The first-order valence-electron chi connectivity index (χ1n) is 7.55. The second-order valence-corrected chi connectivity index (χ2v) is 5.14. The van der Waals surface area contributed by atoms with E-state index < -0.39 is 0 Å². The van der Waals surface area contributed by atoms with E-state index in [0.717, 1.165) is 11.3 Å². The zero-order valence-electron chi connectivity index (χ0n) is 13.2. The van der Waals surface area contributed by atoms with Crippen LogP contribution in [-0.4, -0.2) is 5.91 Å². The van der Waals surface area contributed by atoms with Gasteiger partial charge in [-0.1, -0.05) is 54.1 Å². The quantitative estimate of drug-likeness (QED) is 0.349. The fourth-order valence-electron chi connectivity index (χ4n) is 2.46. The fourth-order valence-corrected chi connectivity index (χ4v) is 2.46. The van der Waals surface area contributed by atoms with Crippen LogP contribution in [0.25, 0.3) is 0 Å². The van der Waals surface area contributed by atoms with E-state index in [-0.39, 0.29) is 43.1 Å². The summed E-state index contributed by atoms with van der Waals surface area (Å²) in [6.07, 6.45) is 1.75. The largest absolute Gasteiger partial charge is 2.00 e. The van der Waals surface area contributed by atoms with Gasteiger partial charge in [-0.05, 0) is 18.2 Å². The number of para-hydroxylation sites is 1. The number of amides is 1. The van der Waals surface area contributed by atoms with Crippen LogP contribution in [0.3, 0.4) is 0 Å². The molecular formula is C21H17NOU. The van der Waals surface area contributed by atoms with E-state index in [1.54, 1.807) is 6.42 Å². The molecule has 2 nitrogen and oxygen atoms in total. The predicted molar refractivity (Wildman–Crippen MR) is 92.7 cm³/mol. The Balaban J connectivity index is 0.000000254. The summed E-state index contributed by atoms with van der Waals surface area (Å²) in [5.41, 5.74) is 2.10. The molecule has 3 aromatic rings. The maximum Gasteiger partial charge on any atom is 2.00 e. The number of hydrogen-bond acceptors (Lipinski definition) is 1. The molecule has 1 saturated heterocycles. The maximum absolute atomic E-state index is 11.7. The Morgan fingerprint density at radius 3 is 1.79 bits per heavy atom. The first kappa shape index (κ1) is 18.4. The summed E-state index contributed by atoms with van der Waals surface area (Å²) >= 11 is 0. The van der Waals surface area contributed by atoms with E-state index in [0.29, 0.717) is 0 Å². The van der Waals surface area contributed by atoms with Crippen molar-refractivity contribution in [3.8, 4) is 0 Å². The zero-order valence-corrected chi connectivity index (χ0v) is 17.3. The summed E-state index contributed by atoms with van der Waals surface area (Å²) in [6, 6.07) is 32.4. The van der Waals surface area contributed by atoms with Crippen LogP contribution < -0.4 is 4.90 Å². The Labute approximate surface area is 166 Å². The second-order valence-electron chi connectivity index (χ2n) is 5.14. The van der Waals surface area contributed by atoms with Crippen LogP contribution in [0.4, 0.5) is 5.69 Å². The summed E-state index contributed by atoms with van der Waals surface area (Å²) in [7, 11) is 0. The van der Waals surface area contributed by atoms with Gasteiger partial charge in [-0.2, -0.15) is 36.4 Å². The van der Waals surface area contributed by atoms with Crippen molar-refractivity contribution in [1.29, 1.82) is 0 Å². The molecule has 24 heavy (non-hydrogen) atoms. The van der Waals surface area contributed by atoms with Crippen LogP contribution in [-0.2, 0) is 4.79 Å². The van der Waals surface area contributed by atoms with Gasteiger partial charge in [0.05, 0.1) is 5.91 Å². The number of carbonyl (C=O) groups is 1. The normalized spacial score (nSPS) is 15.1. The number of nitrogens with zero attached hydrogens (tertiary/aromatic N) is 1. The Kier molecular flexibility index (Phi) is 7.18. The van der Waals surface area contributed by atoms with E-state index in [1.165, 1.54) is 0 Å². The van der Waals surface area contributed by atoms with E-state index in [9.17, 15) is 4.79 Å². The van der Waals surface area contributed by atoms with Crippen molar-refractivity contribution in [2.45, 2.75) is 6.04 Å². The Hall–Kier alpha value is -1.95. The number of β-lactam (4-membered cyclic amide) rings is 1. The van der Waals surface area contributed by atoms with E-state index in [1.807, 2.05) is 95.9 Å². The van der Waals surface area contributed by atoms with Crippen LogP contribution in [0.2, 0.25) is 0 Å². The van der Waals surface area contributed by atoms with Gasteiger partial charge in [-0.25, -0.2) is 0 Å². The van der Waals surface area contributed by atoms with Gasteiger partial charge in [0.25, 0.3) is 0 Å². The fraction of sp³-hybridized carbons (Fsp3) is 0.0476. The van der Waals surface area contributed by atoms with Gasteiger partial charge >= 0.3 is 31.1 Å². The average molecular weight is 537 g/mol. The molecule has 1 unspecified atom stereocenters. The van der Waals surface area contributed by atoms with Gasteiger partial charge in [0.15, 0.2) is 0 Å². The number of rotatable bonds is 2. The van der Waals surface area contributed by atoms with Crippen molar-refractivity contribution in [1.82, 2.24) is 0 Å². The molecule has 0 radical (unpaired) electrons. The van der Waals surface area contributed by atoms with Gasteiger partial charge < -0.3 is 9.69 Å². The molecule has 1 atom stereocenters. The Bertz CT molecular complexity index is 705. The first-order valence-corrected chi connectivity index (χ1v) is 7.55.